The SMILES string of the molecule is O=C([O-])c1ccc2c(c1)ncn2CC[NH+]1CCCC1. The number of aromatic carboxylic acids is 1. The van der Waals surface area contributed by atoms with Gasteiger partial charge in [-0.1, -0.05) is 6.07 Å². The largest absolute Gasteiger partial charge is 0.545 e. The molecule has 0 atom stereocenters. The maximum absolute atomic E-state index is 10.8. The second-order valence-corrected chi connectivity index (χ2v) is 5.14. The van der Waals surface area contributed by atoms with Crippen LogP contribution in [0, 0.1) is 0 Å². The molecule has 0 unspecified atom stereocenters. The molecule has 2 heterocycles. The minimum absolute atomic E-state index is 0.183. The fraction of sp³-hybridized carbons (Fsp3) is 0.429. The molecule has 5 nitrogen and oxygen atoms in total. The third-order valence-corrected chi connectivity index (χ3v) is 3.87. The fourth-order valence-electron chi connectivity index (χ4n) is 2.77. The summed E-state index contributed by atoms with van der Waals surface area (Å²) in [5.41, 5.74) is 1.89. The highest BCUT2D eigenvalue weighted by atomic mass is 16.4. The Kier molecular flexibility index (Phi) is 3.21. The van der Waals surface area contributed by atoms with E-state index < -0.39 is 5.97 Å². The van der Waals surface area contributed by atoms with Crippen LogP contribution in [0.2, 0.25) is 0 Å². The summed E-state index contributed by atoms with van der Waals surface area (Å²) in [6.45, 7) is 4.56. The molecule has 0 radical (unpaired) electrons. The zero-order valence-electron chi connectivity index (χ0n) is 10.8. The van der Waals surface area contributed by atoms with Gasteiger partial charge in [0.05, 0.1) is 49.5 Å². The number of aromatic nitrogens is 2. The first-order valence-electron chi connectivity index (χ1n) is 6.74. The van der Waals surface area contributed by atoms with Crippen molar-refractivity contribution in [3.8, 4) is 0 Å². The average molecular weight is 259 g/mol. The standard InChI is InChI=1S/C14H17N3O2/c18-14(19)11-3-4-13-12(9-11)15-10-17(13)8-7-16-5-1-2-6-16/h3-4,9-10H,1-2,5-8H2,(H,18,19). The van der Waals surface area contributed by atoms with Gasteiger partial charge >= 0.3 is 0 Å². The number of nitrogens with one attached hydrogen (secondary N) is 1. The van der Waals surface area contributed by atoms with Crippen LogP contribution in [0.1, 0.15) is 23.2 Å². The first kappa shape index (κ1) is 12.2. The molecular formula is C14H17N3O2. The van der Waals surface area contributed by atoms with E-state index in [0.717, 1.165) is 24.1 Å². The van der Waals surface area contributed by atoms with Crippen LogP contribution in [0.3, 0.4) is 0 Å². The monoisotopic (exact) mass is 259 g/mol. The minimum Gasteiger partial charge on any atom is -0.545 e. The number of fused-ring (bicyclic) bond motifs is 1. The van der Waals surface area contributed by atoms with Gasteiger partial charge in [-0.25, -0.2) is 4.98 Å². The van der Waals surface area contributed by atoms with Crippen molar-refractivity contribution in [3.05, 3.63) is 30.1 Å². The number of carboxylic acids is 1. The van der Waals surface area contributed by atoms with Gasteiger partial charge in [-0.2, -0.15) is 0 Å². The molecule has 3 rings (SSSR count). The summed E-state index contributed by atoms with van der Waals surface area (Å²) in [4.78, 5) is 16.7. The number of hydrogen-bond donors (Lipinski definition) is 1. The van der Waals surface area contributed by atoms with Gasteiger partial charge in [0.1, 0.15) is 0 Å². The second kappa shape index (κ2) is 5.01. The van der Waals surface area contributed by atoms with Gasteiger partial charge in [-0.3, -0.25) is 0 Å². The molecular weight excluding hydrogens is 242 g/mol. The molecule has 0 aliphatic carbocycles. The van der Waals surface area contributed by atoms with E-state index in [0.29, 0.717) is 0 Å². The van der Waals surface area contributed by atoms with Crippen molar-refractivity contribution in [1.82, 2.24) is 9.55 Å². The number of carboxylic acid groups (broad SMARTS) is 1. The molecule has 5 heteroatoms. The second-order valence-electron chi connectivity index (χ2n) is 5.14. The molecule has 1 fully saturated rings. The summed E-state index contributed by atoms with van der Waals surface area (Å²) in [5, 5.41) is 10.8. The highest BCUT2D eigenvalue weighted by Gasteiger charge is 2.15. The Bertz CT molecular complexity index is 600. The molecule has 2 aromatic rings. The molecule has 1 aromatic carbocycles. The molecule has 0 amide bonds. The lowest BCUT2D eigenvalue weighted by molar-refractivity contribution is -0.888. The highest BCUT2D eigenvalue weighted by Crippen LogP contribution is 2.14. The lowest BCUT2D eigenvalue weighted by atomic mass is 10.2. The number of carbonyl (C=O) groups excluding carboxylic acids is 1. The normalized spacial score (nSPS) is 16.2. The molecule has 1 aromatic heterocycles. The third kappa shape index (κ3) is 2.46. The van der Waals surface area contributed by atoms with E-state index in [1.165, 1.54) is 25.9 Å². The van der Waals surface area contributed by atoms with E-state index >= 15 is 0 Å². The molecule has 0 spiro atoms. The van der Waals surface area contributed by atoms with E-state index in [1.807, 2.05) is 6.07 Å². The van der Waals surface area contributed by atoms with Crippen LogP contribution in [0.15, 0.2) is 24.5 Å². The number of quaternary nitrogens is 1. The Morgan fingerprint density at radius 2 is 2.16 bits per heavy atom. The topological polar surface area (TPSA) is 62.4 Å². The Morgan fingerprint density at radius 3 is 2.89 bits per heavy atom. The van der Waals surface area contributed by atoms with E-state index in [2.05, 4.69) is 9.55 Å². The summed E-state index contributed by atoms with van der Waals surface area (Å²) >= 11 is 0. The quantitative estimate of drug-likeness (QED) is 0.772. The Hall–Kier alpha value is -1.88. The Balaban J connectivity index is 1.78. The van der Waals surface area contributed by atoms with Crippen molar-refractivity contribution in [2.24, 2.45) is 0 Å². The first-order valence-corrected chi connectivity index (χ1v) is 6.74. The van der Waals surface area contributed by atoms with Gasteiger partial charge in [-0.15, -0.1) is 0 Å². The van der Waals surface area contributed by atoms with Crippen LogP contribution in [0.25, 0.3) is 11.0 Å². The van der Waals surface area contributed by atoms with Gasteiger partial charge in [0.25, 0.3) is 0 Å². The maximum Gasteiger partial charge on any atom is 0.0960 e. The molecule has 19 heavy (non-hydrogen) atoms. The molecule has 100 valence electrons. The average Bonchev–Trinajstić information content (AvgIpc) is 3.05. The van der Waals surface area contributed by atoms with Crippen molar-refractivity contribution < 1.29 is 14.8 Å². The molecule has 1 aliphatic rings. The molecule has 1 saturated heterocycles. The lowest BCUT2D eigenvalue weighted by Crippen LogP contribution is -3.10. The number of nitrogens with zero attached hydrogens (tertiary/aromatic N) is 2. The highest BCUT2D eigenvalue weighted by molar-refractivity contribution is 5.91. The van der Waals surface area contributed by atoms with Crippen LogP contribution < -0.4 is 10.0 Å². The smallest absolute Gasteiger partial charge is 0.0960 e. The van der Waals surface area contributed by atoms with Crippen molar-refractivity contribution in [2.75, 3.05) is 19.6 Å². The van der Waals surface area contributed by atoms with Crippen LogP contribution >= 0.6 is 0 Å². The van der Waals surface area contributed by atoms with E-state index in [1.54, 1.807) is 23.4 Å². The first-order chi connectivity index (χ1) is 9.24. The van der Waals surface area contributed by atoms with Gasteiger partial charge in [0, 0.05) is 12.8 Å². The van der Waals surface area contributed by atoms with Crippen LogP contribution in [0.4, 0.5) is 0 Å². The van der Waals surface area contributed by atoms with Crippen molar-refractivity contribution in [2.45, 2.75) is 19.4 Å². The number of hydrogen-bond acceptors (Lipinski definition) is 3. The number of rotatable bonds is 4. The van der Waals surface area contributed by atoms with Gasteiger partial charge < -0.3 is 19.4 Å². The van der Waals surface area contributed by atoms with Crippen molar-refractivity contribution in [3.63, 3.8) is 0 Å². The summed E-state index contributed by atoms with van der Waals surface area (Å²) in [6.07, 6.45) is 4.45. The summed E-state index contributed by atoms with van der Waals surface area (Å²) in [5.74, 6) is -1.15. The Morgan fingerprint density at radius 1 is 1.37 bits per heavy atom. The van der Waals surface area contributed by atoms with Gasteiger partial charge in [0.15, 0.2) is 0 Å². The van der Waals surface area contributed by atoms with Crippen LogP contribution in [0.5, 0.6) is 0 Å². The maximum atomic E-state index is 10.8. The number of likely N-dealkylation sites (tertiary alicyclic amines) is 1. The van der Waals surface area contributed by atoms with Crippen LogP contribution in [-0.4, -0.2) is 35.2 Å². The summed E-state index contributed by atoms with van der Waals surface area (Å²) in [6, 6.07) is 4.97. The molecule has 0 saturated carbocycles. The molecule has 1 aliphatic heterocycles. The minimum atomic E-state index is -1.15. The third-order valence-electron chi connectivity index (χ3n) is 3.87. The predicted octanol–water partition coefficient (Wildman–Crippen LogP) is -0.921. The van der Waals surface area contributed by atoms with E-state index in [-0.39, 0.29) is 5.56 Å². The number of imidazole rings is 1. The summed E-state index contributed by atoms with van der Waals surface area (Å²) in [7, 11) is 0. The van der Waals surface area contributed by atoms with E-state index in [4.69, 9.17) is 0 Å². The van der Waals surface area contributed by atoms with Gasteiger partial charge in [0.2, 0.25) is 0 Å². The predicted molar refractivity (Wildman–Crippen MR) is 68.9 cm³/mol. The summed E-state index contributed by atoms with van der Waals surface area (Å²) < 4.78 is 2.10. The molecule has 1 N–H and O–H groups in total. The van der Waals surface area contributed by atoms with Crippen molar-refractivity contribution >= 4 is 17.0 Å². The van der Waals surface area contributed by atoms with Crippen molar-refractivity contribution in [1.29, 1.82) is 0 Å². The van der Waals surface area contributed by atoms with E-state index in [9.17, 15) is 9.90 Å². The Labute approximate surface area is 111 Å². The van der Waals surface area contributed by atoms with Crippen LogP contribution in [-0.2, 0) is 6.54 Å². The number of benzene rings is 1. The molecule has 0 bridgehead atoms. The fourth-order valence-corrected chi connectivity index (χ4v) is 2.77. The van der Waals surface area contributed by atoms with Gasteiger partial charge in [-0.05, 0) is 17.7 Å². The number of carbonyl (C=O) groups is 1. The zero-order chi connectivity index (χ0) is 13.2. The lowest BCUT2D eigenvalue weighted by Gasteiger charge is -2.12. The zero-order valence-corrected chi connectivity index (χ0v) is 10.8.